The smallest absolute Gasteiger partial charge is 0.241 e. The normalized spacial score (nSPS) is 12.6. The predicted molar refractivity (Wildman–Crippen MR) is 133 cm³/mol. The lowest BCUT2D eigenvalue weighted by Gasteiger charge is -2.17. The van der Waals surface area contributed by atoms with Gasteiger partial charge >= 0.3 is 0 Å². The number of nitrogens with one attached hydrogen (secondary N) is 1. The van der Waals surface area contributed by atoms with Crippen LogP contribution in [0.3, 0.4) is 0 Å². The van der Waals surface area contributed by atoms with Crippen molar-refractivity contribution in [2.75, 3.05) is 0 Å². The maximum Gasteiger partial charge on any atom is 0.241 e. The van der Waals surface area contributed by atoms with Crippen molar-refractivity contribution in [3.63, 3.8) is 0 Å². The van der Waals surface area contributed by atoms with Crippen LogP contribution in [0.2, 0.25) is 10.0 Å². The van der Waals surface area contributed by atoms with Crippen molar-refractivity contribution in [3.05, 3.63) is 100 Å². The minimum Gasteiger partial charge on any atom is -0.271 e. The van der Waals surface area contributed by atoms with Crippen molar-refractivity contribution in [3.8, 4) is 5.69 Å². The second-order valence-electron chi connectivity index (χ2n) is 7.20. The summed E-state index contributed by atoms with van der Waals surface area (Å²) in [5, 5.41) is 10.2. The standard InChI is InChI=1S/C23H20Cl2N4O2S2/c1-16(28-33(30,31)19-10-6-3-7-11-19)22-26-27-23(32-15-17-8-4-2-5-9-17)29(22)21-13-12-18(24)14-20(21)25/h2-14,16,28H,15H2,1H3. The van der Waals surface area contributed by atoms with Crippen LogP contribution in [0.25, 0.3) is 5.69 Å². The molecule has 1 aromatic heterocycles. The Balaban J connectivity index is 1.70. The van der Waals surface area contributed by atoms with E-state index >= 15 is 0 Å². The van der Waals surface area contributed by atoms with Gasteiger partial charge in [0, 0.05) is 10.8 Å². The van der Waals surface area contributed by atoms with Crippen molar-refractivity contribution in [1.82, 2.24) is 19.5 Å². The topological polar surface area (TPSA) is 76.9 Å². The van der Waals surface area contributed by atoms with Crippen LogP contribution in [0.4, 0.5) is 0 Å². The van der Waals surface area contributed by atoms with Gasteiger partial charge in [0.05, 0.1) is 21.6 Å². The quantitative estimate of drug-likeness (QED) is 0.293. The second-order valence-corrected chi connectivity index (χ2v) is 10.7. The number of sulfonamides is 1. The van der Waals surface area contributed by atoms with Crippen LogP contribution in [0, 0.1) is 0 Å². The number of aromatic nitrogens is 3. The molecule has 6 nitrogen and oxygen atoms in total. The van der Waals surface area contributed by atoms with Gasteiger partial charge in [-0.25, -0.2) is 13.1 Å². The summed E-state index contributed by atoms with van der Waals surface area (Å²) < 4.78 is 30.2. The van der Waals surface area contributed by atoms with Crippen LogP contribution in [-0.4, -0.2) is 23.2 Å². The fourth-order valence-corrected chi connectivity index (χ4v) is 5.84. The third-order valence-corrected chi connectivity index (χ3v) is 7.89. The van der Waals surface area contributed by atoms with Crippen LogP contribution in [0.5, 0.6) is 0 Å². The zero-order valence-corrected chi connectivity index (χ0v) is 20.7. The molecule has 0 aliphatic carbocycles. The van der Waals surface area contributed by atoms with Gasteiger partial charge in [-0.3, -0.25) is 4.57 Å². The number of nitrogens with zero attached hydrogens (tertiary/aromatic N) is 3. The molecule has 0 aliphatic heterocycles. The molecule has 1 unspecified atom stereocenters. The van der Waals surface area contributed by atoms with Gasteiger partial charge in [-0.1, -0.05) is 83.5 Å². The van der Waals surface area contributed by atoms with Crippen LogP contribution in [0.15, 0.2) is 88.9 Å². The van der Waals surface area contributed by atoms with Gasteiger partial charge in [0.15, 0.2) is 11.0 Å². The highest BCUT2D eigenvalue weighted by Crippen LogP contribution is 2.32. The highest BCUT2D eigenvalue weighted by Gasteiger charge is 2.25. The number of thioether (sulfide) groups is 1. The molecule has 0 radical (unpaired) electrons. The number of halogens is 2. The van der Waals surface area contributed by atoms with E-state index in [4.69, 9.17) is 23.2 Å². The maximum atomic E-state index is 12.9. The van der Waals surface area contributed by atoms with Crippen LogP contribution in [0.1, 0.15) is 24.4 Å². The SMILES string of the molecule is CC(NS(=O)(=O)c1ccccc1)c1nnc(SCc2ccccc2)n1-c1ccc(Cl)cc1Cl. The van der Waals surface area contributed by atoms with Gasteiger partial charge in [0.25, 0.3) is 0 Å². The highest BCUT2D eigenvalue weighted by atomic mass is 35.5. The van der Waals surface area contributed by atoms with Crippen molar-refractivity contribution < 1.29 is 8.42 Å². The molecule has 1 N–H and O–H groups in total. The maximum absolute atomic E-state index is 12.9. The Labute approximate surface area is 207 Å². The summed E-state index contributed by atoms with van der Waals surface area (Å²) >= 11 is 14.1. The lowest BCUT2D eigenvalue weighted by atomic mass is 10.2. The molecule has 3 aromatic carbocycles. The van der Waals surface area contributed by atoms with Crippen LogP contribution in [-0.2, 0) is 15.8 Å². The Hall–Kier alpha value is -2.36. The van der Waals surface area contributed by atoms with Crippen molar-refractivity contribution in [2.45, 2.75) is 28.8 Å². The lowest BCUT2D eigenvalue weighted by Crippen LogP contribution is -2.28. The lowest BCUT2D eigenvalue weighted by molar-refractivity contribution is 0.556. The van der Waals surface area contributed by atoms with Gasteiger partial charge in [0.2, 0.25) is 10.0 Å². The summed E-state index contributed by atoms with van der Waals surface area (Å²) in [4.78, 5) is 0.172. The summed E-state index contributed by atoms with van der Waals surface area (Å²) in [6.07, 6.45) is 0. The Morgan fingerprint density at radius 1 is 0.970 bits per heavy atom. The molecular weight excluding hydrogens is 499 g/mol. The molecule has 33 heavy (non-hydrogen) atoms. The molecule has 1 atom stereocenters. The molecule has 0 spiro atoms. The molecular formula is C23H20Cl2N4O2S2. The molecule has 170 valence electrons. The van der Waals surface area contributed by atoms with E-state index in [9.17, 15) is 8.42 Å². The van der Waals surface area contributed by atoms with Gasteiger partial charge in [0.1, 0.15) is 0 Å². The van der Waals surface area contributed by atoms with E-state index in [1.807, 2.05) is 30.3 Å². The number of benzene rings is 3. The molecule has 1 heterocycles. The first kappa shape index (κ1) is 23.8. The largest absolute Gasteiger partial charge is 0.271 e. The number of hydrogen-bond donors (Lipinski definition) is 1. The molecule has 0 saturated heterocycles. The summed E-state index contributed by atoms with van der Waals surface area (Å²) in [6.45, 7) is 1.72. The van der Waals surface area contributed by atoms with Crippen LogP contribution < -0.4 is 4.72 Å². The summed E-state index contributed by atoms with van der Waals surface area (Å²) in [6, 6.07) is 22.6. The molecule has 0 saturated carbocycles. The van der Waals surface area contributed by atoms with E-state index in [2.05, 4.69) is 14.9 Å². The number of rotatable bonds is 8. The molecule has 10 heteroatoms. The van der Waals surface area contributed by atoms with E-state index in [0.717, 1.165) is 5.56 Å². The van der Waals surface area contributed by atoms with E-state index < -0.39 is 16.1 Å². The van der Waals surface area contributed by atoms with Crippen LogP contribution >= 0.6 is 35.0 Å². The molecule has 4 aromatic rings. The molecule has 0 fully saturated rings. The highest BCUT2D eigenvalue weighted by molar-refractivity contribution is 7.98. The Morgan fingerprint density at radius 3 is 2.30 bits per heavy atom. The average molecular weight is 519 g/mol. The average Bonchev–Trinajstić information content (AvgIpc) is 3.22. The Bertz CT molecular complexity index is 1350. The van der Waals surface area contributed by atoms with Crippen molar-refractivity contribution in [1.29, 1.82) is 0 Å². The van der Waals surface area contributed by atoms with E-state index in [1.54, 1.807) is 47.9 Å². The molecule has 4 rings (SSSR count). The van der Waals surface area contributed by atoms with E-state index in [0.29, 0.717) is 32.5 Å². The third kappa shape index (κ3) is 5.59. The molecule has 0 bridgehead atoms. The monoisotopic (exact) mass is 518 g/mol. The Morgan fingerprint density at radius 2 is 1.64 bits per heavy atom. The van der Waals surface area contributed by atoms with Gasteiger partial charge in [-0.05, 0) is 42.8 Å². The first-order chi connectivity index (χ1) is 15.8. The number of hydrogen-bond acceptors (Lipinski definition) is 5. The van der Waals surface area contributed by atoms with Crippen molar-refractivity contribution in [2.24, 2.45) is 0 Å². The second kappa shape index (κ2) is 10.3. The first-order valence-corrected chi connectivity index (χ1v) is 13.2. The zero-order valence-electron chi connectivity index (χ0n) is 17.5. The third-order valence-electron chi connectivity index (χ3n) is 4.79. The fraction of sp³-hybridized carbons (Fsp3) is 0.130. The molecule has 0 aliphatic rings. The van der Waals surface area contributed by atoms with Gasteiger partial charge < -0.3 is 0 Å². The van der Waals surface area contributed by atoms with Crippen molar-refractivity contribution >= 4 is 45.0 Å². The first-order valence-electron chi connectivity index (χ1n) is 10.00. The molecule has 0 amide bonds. The van der Waals surface area contributed by atoms with Gasteiger partial charge in [-0.15, -0.1) is 10.2 Å². The van der Waals surface area contributed by atoms with E-state index in [-0.39, 0.29) is 4.90 Å². The fourth-order valence-electron chi connectivity index (χ4n) is 3.22. The minimum absolute atomic E-state index is 0.172. The minimum atomic E-state index is -3.76. The predicted octanol–water partition coefficient (Wildman–Crippen LogP) is 5.91. The Kier molecular flexibility index (Phi) is 7.41. The summed E-state index contributed by atoms with van der Waals surface area (Å²) in [5.41, 5.74) is 1.74. The van der Waals surface area contributed by atoms with E-state index in [1.165, 1.54) is 23.9 Å². The summed E-state index contributed by atoms with van der Waals surface area (Å²) in [7, 11) is -3.76. The van der Waals surface area contributed by atoms with Gasteiger partial charge in [-0.2, -0.15) is 0 Å². The summed E-state index contributed by atoms with van der Waals surface area (Å²) in [5.74, 6) is 1.07. The zero-order chi connectivity index (χ0) is 23.4.